The Hall–Kier alpha value is -7.63. The first-order valence-electron chi connectivity index (χ1n) is 29.6. The molecule has 88 heavy (non-hydrogen) atoms. The van der Waals surface area contributed by atoms with Crippen molar-refractivity contribution in [1.29, 1.82) is 0 Å². The number of ether oxygens (including phenoxy) is 3. The number of fused-ring (bicyclic) bond motifs is 2. The molecule has 3 heterocycles. The van der Waals surface area contributed by atoms with Crippen LogP contribution < -0.4 is 42.8 Å². The number of hydrogen-bond acceptors (Lipinski definition) is 19. The quantitative estimate of drug-likeness (QED) is 0.0474. The van der Waals surface area contributed by atoms with Gasteiger partial charge in [0.15, 0.2) is 6.23 Å². The molecule has 4 aromatic rings. The number of rotatable bonds is 20. The maximum Gasteiger partial charge on any atom is 0.251 e. The fourth-order valence-electron chi connectivity index (χ4n) is 10.9. The molecule has 3 aliphatic rings. The molecule has 0 bridgehead atoms. The molecule has 3 aliphatic heterocycles. The van der Waals surface area contributed by atoms with Gasteiger partial charge in [0.05, 0.1) is 44.2 Å². The summed E-state index contributed by atoms with van der Waals surface area (Å²) >= 11 is 0. The van der Waals surface area contributed by atoms with E-state index in [-0.39, 0.29) is 49.7 Å². The van der Waals surface area contributed by atoms with Gasteiger partial charge < -0.3 is 97.8 Å². The van der Waals surface area contributed by atoms with Crippen molar-refractivity contribution in [2.45, 2.75) is 145 Å². The van der Waals surface area contributed by atoms with Crippen LogP contribution in [0.4, 0.5) is 0 Å². The van der Waals surface area contributed by atoms with E-state index in [1.807, 2.05) is 48.5 Å². The first-order valence-corrected chi connectivity index (χ1v) is 29.6. The lowest BCUT2D eigenvalue weighted by Gasteiger charge is -2.35. The standard InChI is InChI=1S/C62H83N9O17/c1-5-6-7-26-86-44-22-18-39(19-23-44)37-10-8-36(9-11-37)38-12-14-41(15-13-38)55(79)65-45-30-47(87-27-24-63)60(88-28-25-64)69-59(83)51-52(76)33(2)31-71(51)62(85)49(35(4)73)67-58(82)50(54(78)53(77)40-16-20-42(74)21-17-40)68-57(81)46-29-43(75)32-70(46)61(84)48(34(3)72)66-56(45)80/h8-23,33-35,43,45-54,60,72-78H,5-7,24-32,63-64H2,1-4H3,(H,65,79)(H,66,80)(H,67,82)(H,68,81)(H,69,83)/t33-,34-,35+,43+,45+,46-,47+,48-,49-,50-,51-,52-,53-,54-,60+/m0/s1. The van der Waals surface area contributed by atoms with Gasteiger partial charge in [0.25, 0.3) is 5.91 Å². The van der Waals surface area contributed by atoms with Crippen LogP contribution in [0.1, 0.15) is 81.8 Å². The first-order chi connectivity index (χ1) is 42.0. The smallest absolute Gasteiger partial charge is 0.251 e. The van der Waals surface area contributed by atoms with Crippen LogP contribution in [0, 0.1) is 5.92 Å². The second kappa shape index (κ2) is 31.5. The van der Waals surface area contributed by atoms with E-state index in [2.05, 4.69) is 33.5 Å². The Bertz CT molecular complexity index is 2990. The predicted molar refractivity (Wildman–Crippen MR) is 319 cm³/mol. The van der Waals surface area contributed by atoms with Crippen LogP contribution in [0.15, 0.2) is 97.1 Å². The van der Waals surface area contributed by atoms with Crippen LogP contribution in [-0.2, 0) is 38.2 Å². The van der Waals surface area contributed by atoms with Gasteiger partial charge in [-0.05, 0) is 84.5 Å². The summed E-state index contributed by atoms with van der Waals surface area (Å²) in [5.41, 5.74) is 15.3. The summed E-state index contributed by atoms with van der Waals surface area (Å²) in [5.74, 6) is -8.10. The molecule has 3 fully saturated rings. The number of phenolic OH excluding ortho intramolecular Hbond substituents is 1. The van der Waals surface area contributed by atoms with Crippen molar-refractivity contribution in [1.82, 2.24) is 36.4 Å². The Morgan fingerprint density at radius 2 is 1.17 bits per heavy atom. The maximum atomic E-state index is 15.0. The molecule has 0 saturated carbocycles. The Balaban J connectivity index is 1.25. The van der Waals surface area contributed by atoms with Gasteiger partial charge in [-0.25, -0.2) is 0 Å². The molecule has 0 spiro atoms. The first kappa shape index (κ1) is 67.9. The van der Waals surface area contributed by atoms with Gasteiger partial charge in [-0.3, -0.25) is 33.6 Å². The molecule has 0 aliphatic carbocycles. The highest BCUT2D eigenvalue weighted by atomic mass is 16.6. The lowest BCUT2D eigenvalue weighted by atomic mass is 9.96. The summed E-state index contributed by atoms with van der Waals surface area (Å²) in [5, 5.41) is 90.7. The molecule has 15 atom stereocenters. The number of nitrogens with two attached hydrogens (primary N) is 2. The van der Waals surface area contributed by atoms with Crippen LogP contribution >= 0.6 is 0 Å². The number of hydrogen-bond donors (Lipinski definition) is 14. The van der Waals surface area contributed by atoms with Crippen molar-refractivity contribution in [3.63, 3.8) is 0 Å². The molecule has 4 aromatic carbocycles. The minimum atomic E-state index is -2.29. The largest absolute Gasteiger partial charge is 0.508 e. The highest BCUT2D eigenvalue weighted by Gasteiger charge is 2.50. The van der Waals surface area contributed by atoms with Crippen molar-refractivity contribution >= 4 is 41.4 Å². The lowest BCUT2D eigenvalue weighted by Crippen LogP contribution is -2.64. The lowest BCUT2D eigenvalue weighted by molar-refractivity contribution is -0.150. The van der Waals surface area contributed by atoms with E-state index in [4.69, 9.17) is 25.7 Å². The van der Waals surface area contributed by atoms with Crippen LogP contribution in [0.5, 0.6) is 11.5 Å². The third kappa shape index (κ3) is 16.9. The topological polar surface area (TPSA) is 407 Å². The molecule has 0 unspecified atom stereocenters. The van der Waals surface area contributed by atoms with Crippen molar-refractivity contribution in [2.75, 3.05) is 46.0 Å². The average molecular weight is 1230 g/mol. The number of aromatic hydroxyl groups is 1. The SMILES string of the molecule is CCCCCOc1ccc(-c2ccc(-c3ccc(C(=O)N[C@@H]4C[C@@H](OCCN)[C@@H](OCCN)NC(=O)[C@@H]5[C@@H](O)[C@@H](C)CN5C(=O)[C@H]([C@@H](C)O)NC(=O)[C@H]([C@H](O)[C@@H](O)c5ccc(O)cc5)NC(=O)[C@@H]5C[C@@H](O)CN5C(=O)[C@H]([C@H](C)O)NC4=O)cc3)cc2)cc1. The maximum absolute atomic E-state index is 15.0. The molecule has 478 valence electrons. The number of carbonyl (C=O) groups is 7. The van der Waals surface area contributed by atoms with Crippen molar-refractivity contribution in [3.05, 3.63) is 108 Å². The normalized spacial score (nSPS) is 26.5. The van der Waals surface area contributed by atoms with Crippen LogP contribution in [0.25, 0.3) is 22.3 Å². The van der Waals surface area contributed by atoms with E-state index in [9.17, 15) is 69.3 Å². The van der Waals surface area contributed by atoms with Crippen LogP contribution in [-0.4, -0.2) is 212 Å². The average Bonchev–Trinajstić information content (AvgIpc) is 3.28. The molecular weight excluding hydrogens is 1140 g/mol. The second-order valence-electron chi connectivity index (χ2n) is 22.5. The van der Waals surface area contributed by atoms with Gasteiger partial charge in [-0.15, -0.1) is 0 Å². The van der Waals surface area contributed by atoms with Gasteiger partial charge in [-0.1, -0.05) is 87.4 Å². The molecule has 26 heteroatoms. The minimum absolute atomic E-state index is 0.0633. The van der Waals surface area contributed by atoms with Gasteiger partial charge >= 0.3 is 0 Å². The number of nitrogens with one attached hydrogen (secondary N) is 5. The molecule has 7 rings (SSSR count). The number of nitrogens with zero attached hydrogens (tertiary/aromatic N) is 2. The zero-order valence-electron chi connectivity index (χ0n) is 49.6. The molecular formula is C62H83N9O17. The summed E-state index contributed by atoms with van der Waals surface area (Å²) < 4.78 is 18.1. The number of unbranched alkanes of at least 4 members (excludes halogenated alkanes) is 2. The molecule has 7 amide bonds. The Morgan fingerprint density at radius 3 is 1.74 bits per heavy atom. The Labute approximate surface area is 509 Å². The number of aliphatic hydroxyl groups is 6. The Morgan fingerprint density at radius 1 is 0.636 bits per heavy atom. The summed E-state index contributed by atoms with van der Waals surface area (Å²) in [6, 6.07) is 15.5. The third-order valence-corrected chi connectivity index (χ3v) is 15.9. The fourth-order valence-corrected chi connectivity index (χ4v) is 10.9. The van der Waals surface area contributed by atoms with E-state index in [1.165, 1.54) is 43.3 Å². The predicted octanol–water partition coefficient (Wildman–Crippen LogP) is -0.961. The zero-order valence-corrected chi connectivity index (χ0v) is 49.6. The number of phenols is 1. The molecule has 0 radical (unpaired) electrons. The number of aliphatic hydroxyl groups excluding tert-OH is 6. The highest BCUT2D eigenvalue weighted by molar-refractivity contribution is 6.00. The van der Waals surface area contributed by atoms with E-state index in [0.29, 0.717) is 6.61 Å². The minimum Gasteiger partial charge on any atom is -0.508 e. The second-order valence-corrected chi connectivity index (χ2v) is 22.5. The molecule has 16 N–H and O–H groups in total. The van der Waals surface area contributed by atoms with Crippen molar-refractivity contribution in [2.24, 2.45) is 17.4 Å². The van der Waals surface area contributed by atoms with Gasteiger partial charge in [0.2, 0.25) is 35.4 Å². The number of carbonyl (C=O) groups excluding carboxylic acids is 7. The summed E-state index contributed by atoms with van der Waals surface area (Å²) in [7, 11) is 0. The monoisotopic (exact) mass is 1230 g/mol. The van der Waals surface area contributed by atoms with Crippen molar-refractivity contribution in [3.8, 4) is 33.8 Å². The summed E-state index contributed by atoms with van der Waals surface area (Å²) in [4.78, 5) is 104. The van der Waals surface area contributed by atoms with E-state index < -0.39 is 152 Å². The van der Waals surface area contributed by atoms with Gasteiger partial charge in [-0.2, -0.15) is 0 Å². The number of amides is 7. The van der Waals surface area contributed by atoms with Crippen LogP contribution in [0.2, 0.25) is 0 Å². The van der Waals surface area contributed by atoms with Gasteiger partial charge in [0, 0.05) is 50.5 Å². The molecule has 0 aromatic heterocycles. The summed E-state index contributed by atoms with van der Waals surface area (Å²) in [6.07, 6.45) is -11.8. The molecule has 3 saturated heterocycles. The van der Waals surface area contributed by atoms with Crippen LogP contribution in [0.3, 0.4) is 0 Å². The van der Waals surface area contributed by atoms with E-state index in [0.717, 1.165) is 70.9 Å². The van der Waals surface area contributed by atoms with Gasteiger partial charge in [0.1, 0.15) is 66.1 Å². The third-order valence-electron chi connectivity index (χ3n) is 15.9. The summed E-state index contributed by atoms with van der Waals surface area (Å²) in [6.45, 7) is 4.92. The van der Waals surface area contributed by atoms with E-state index >= 15 is 0 Å². The Kier molecular flexibility index (Phi) is 24.3. The highest BCUT2D eigenvalue weighted by Crippen LogP contribution is 2.30. The van der Waals surface area contributed by atoms with Crippen molar-refractivity contribution < 1.29 is 83.5 Å². The van der Waals surface area contributed by atoms with E-state index in [1.54, 1.807) is 12.1 Å². The molecule has 26 nitrogen and oxygen atoms in total. The number of benzene rings is 4. The zero-order chi connectivity index (χ0) is 63.9. The fraction of sp³-hybridized carbons (Fsp3) is 0.500.